The van der Waals surface area contributed by atoms with Gasteiger partial charge in [0.05, 0.1) is 0 Å². The summed E-state index contributed by atoms with van der Waals surface area (Å²) in [6.07, 6.45) is 0. The lowest BCUT2D eigenvalue weighted by Crippen LogP contribution is -2.44. The minimum absolute atomic E-state index is 1.11. The zero-order valence-corrected chi connectivity index (χ0v) is 17.1. The molecule has 0 saturated carbocycles. The van der Waals surface area contributed by atoms with Crippen molar-refractivity contribution in [2.45, 2.75) is 13.8 Å². The molecule has 1 N–H and O–H groups in total. The molecule has 0 amide bonds. The van der Waals surface area contributed by atoms with Gasteiger partial charge in [0.1, 0.15) is 0 Å². The SMILES string of the molecule is Cc1ccccc1N1CCN(C)CC1.Cc1ccccc1N1CCNCC1. The molecule has 4 rings (SSSR count). The van der Waals surface area contributed by atoms with Crippen molar-refractivity contribution in [3.05, 3.63) is 59.7 Å². The van der Waals surface area contributed by atoms with Gasteiger partial charge in [-0.1, -0.05) is 36.4 Å². The van der Waals surface area contributed by atoms with Crippen molar-refractivity contribution in [2.75, 3.05) is 69.2 Å². The average Bonchev–Trinajstić information content (AvgIpc) is 2.71. The Kier molecular flexibility index (Phi) is 7.13. The summed E-state index contributed by atoms with van der Waals surface area (Å²) in [7, 11) is 2.19. The topological polar surface area (TPSA) is 21.8 Å². The zero-order chi connectivity index (χ0) is 19.1. The molecule has 2 aromatic carbocycles. The van der Waals surface area contributed by atoms with E-state index in [2.05, 4.69) is 89.4 Å². The Hall–Kier alpha value is -2.04. The van der Waals surface area contributed by atoms with Crippen molar-refractivity contribution in [2.24, 2.45) is 0 Å². The molecule has 2 aliphatic rings. The molecule has 2 aromatic rings. The monoisotopic (exact) mass is 366 g/mol. The molecule has 0 aliphatic carbocycles. The van der Waals surface area contributed by atoms with Gasteiger partial charge in [-0.3, -0.25) is 0 Å². The van der Waals surface area contributed by atoms with Gasteiger partial charge in [0, 0.05) is 63.7 Å². The van der Waals surface area contributed by atoms with Crippen molar-refractivity contribution in [3.63, 3.8) is 0 Å². The van der Waals surface area contributed by atoms with Crippen LogP contribution in [0.2, 0.25) is 0 Å². The van der Waals surface area contributed by atoms with Gasteiger partial charge in [-0.15, -0.1) is 0 Å². The molecule has 2 saturated heterocycles. The molecule has 2 aliphatic heterocycles. The Balaban J connectivity index is 0.000000156. The van der Waals surface area contributed by atoms with E-state index in [0.717, 1.165) is 39.3 Å². The smallest absolute Gasteiger partial charge is 0.0396 e. The van der Waals surface area contributed by atoms with Crippen LogP contribution >= 0.6 is 0 Å². The minimum Gasteiger partial charge on any atom is -0.369 e. The number of piperazine rings is 2. The van der Waals surface area contributed by atoms with Crippen LogP contribution < -0.4 is 15.1 Å². The van der Waals surface area contributed by atoms with Crippen LogP contribution in [0.25, 0.3) is 0 Å². The largest absolute Gasteiger partial charge is 0.369 e. The second-order valence-corrected chi connectivity index (χ2v) is 7.60. The summed E-state index contributed by atoms with van der Waals surface area (Å²) in [5.74, 6) is 0. The van der Waals surface area contributed by atoms with Crippen LogP contribution in [0.1, 0.15) is 11.1 Å². The molecule has 0 atom stereocenters. The van der Waals surface area contributed by atoms with Gasteiger partial charge in [0.2, 0.25) is 0 Å². The van der Waals surface area contributed by atoms with Crippen LogP contribution in [0.4, 0.5) is 11.4 Å². The maximum atomic E-state index is 3.36. The normalized spacial score (nSPS) is 18.0. The number of nitrogens with zero attached hydrogens (tertiary/aromatic N) is 3. The molecule has 0 radical (unpaired) electrons. The second-order valence-electron chi connectivity index (χ2n) is 7.60. The summed E-state index contributed by atoms with van der Waals surface area (Å²) >= 11 is 0. The van der Waals surface area contributed by atoms with E-state index in [-0.39, 0.29) is 0 Å². The average molecular weight is 367 g/mol. The number of benzene rings is 2. The summed E-state index contributed by atoms with van der Waals surface area (Å²) in [4.78, 5) is 7.32. The van der Waals surface area contributed by atoms with Crippen molar-refractivity contribution >= 4 is 11.4 Å². The van der Waals surface area contributed by atoms with Gasteiger partial charge in [-0.05, 0) is 44.2 Å². The molecule has 4 heteroatoms. The van der Waals surface area contributed by atoms with E-state index in [1.165, 1.54) is 35.6 Å². The van der Waals surface area contributed by atoms with E-state index in [1.807, 2.05) is 0 Å². The number of anilines is 2. The Bertz CT molecular complexity index is 701. The van der Waals surface area contributed by atoms with E-state index in [1.54, 1.807) is 0 Å². The number of rotatable bonds is 2. The number of hydrogen-bond donors (Lipinski definition) is 1. The van der Waals surface area contributed by atoms with Crippen LogP contribution in [0.15, 0.2) is 48.5 Å². The fourth-order valence-corrected chi connectivity index (χ4v) is 3.79. The fraction of sp³-hybridized carbons (Fsp3) is 0.478. The van der Waals surface area contributed by atoms with Gasteiger partial charge in [0.15, 0.2) is 0 Å². The zero-order valence-electron chi connectivity index (χ0n) is 17.1. The van der Waals surface area contributed by atoms with Crippen LogP contribution in [0, 0.1) is 13.8 Å². The Morgan fingerprint density at radius 3 is 1.56 bits per heavy atom. The van der Waals surface area contributed by atoms with Gasteiger partial charge >= 0.3 is 0 Å². The van der Waals surface area contributed by atoms with Crippen molar-refractivity contribution in [1.29, 1.82) is 0 Å². The minimum atomic E-state index is 1.11. The van der Waals surface area contributed by atoms with E-state index in [9.17, 15) is 0 Å². The Morgan fingerprint density at radius 2 is 1.07 bits per heavy atom. The predicted molar refractivity (Wildman–Crippen MR) is 117 cm³/mol. The summed E-state index contributed by atoms with van der Waals surface area (Å²) in [5, 5.41) is 3.36. The molecule has 0 unspecified atom stereocenters. The summed E-state index contributed by atoms with van der Waals surface area (Å²) < 4.78 is 0. The first-order valence-electron chi connectivity index (χ1n) is 10.2. The van der Waals surface area contributed by atoms with Crippen molar-refractivity contribution < 1.29 is 0 Å². The standard InChI is InChI=1S/C12H18N2.C11H16N2/c1-11-5-3-4-6-12(11)14-9-7-13(2)8-10-14;1-10-4-2-3-5-11(10)13-8-6-12-7-9-13/h3-6H,7-10H2,1-2H3;2-5,12H,6-9H2,1H3. The van der Waals surface area contributed by atoms with E-state index in [0.29, 0.717) is 0 Å². The van der Waals surface area contributed by atoms with Gasteiger partial charge < -0.3 is 20.0 Å². The van der Waals surface area contributed by atoms with Crippen molar-refractivity contribution in [1.82, 2.24) is 10.2 Å². The third kappa shape index (κ3) is 5.47. The van der Waals surface area contributed by atoms with Gasteiger partial charge in [-0.2, -0.15) is 0 Å². The Morgan fingerprint density at radius 1 is 0.630 bits per heavy atom. The molecule has 0 spiro atoms. The lowest BCUT2D eigenvalue weighted by atomic mass is 10.1. The molecule has 0 bridgehead atoms. The number of aryl methyl sites for hydroxylation is 2. The van der Waals surface area contributed by atoms with E-state index >= 15 is 0 Å². The molecule has 4 nitrogen and oxygen atoms in total. The number of likely N-dealkylation sites (N-methyl/N-ethyl adjacent to an activating group) is 1. The fourth-order valence-electron chi connectivity index (χ4n) is 3.79. The van der Waals surface area contributed by atoms with Crippen LogP contribution in [-0.2, 0) is 0 Å². The van der Waals surface area contributed by atoms with Crippen LogP contribution in [0.3, 0.4) is 0 Å². The first-order valence-corrected chi connectivity index (χ1v) is 10.2. The predicted octanol–water partition coefficient (Wildman–Crippen LogP) is 3.15. The summed E-state index contributed by atoms with van der Waals surface area (Å²) in [6.45, 7) is 13.5. The highest BCUT2D eigenvalue weighted by Crippen LogP contribution is 2.20. The number of para-hydroxylation sites is 2. The quantitative estimate of drug-likeness (QED) is 0.881. The highest BCUT2D eigenvalue weighted by molar-refractivity contribution is 5.54. The molecule has 146 valence electrons. The second kappa shape index (κ2) is 9.77. The molecule has 2 fully saturated rings. The first-order chi connectivity index (χ1) is 13.1. The summed E-state index contributed by atoms with van der Waals surface area (Å²) in [5.41, 5.74) is 5.56. The lowest BCUT2D eigenvalue weighted by molar-refractivity contribution is 0.312. The lowest BCUT2D eigenvalue weighted by Gasteiger charge is -2.34. The third-order valence-corrected chi connectivity index (χ3v) is 5.53. The maximum absolute atomic E-state index is 3.36. The molecule has 0 aromatic heterocycles. The number of nitrogens with one attached hydrogen (secondary N) is 1. The molecule has 27 heavy (non-hydrogen) atoms. The molecular weight excluding hydrogens is 332 g/mol. The van der Waals surface area contributed by atoms with Gasteiger partial charge in [-0.25, -0.2) is 0 Å². The first kappa shape index (κ1) is 19.7. The van der Waals surface area contributed by atoms with Crippen molar-refractivity contribution in [3.8, 4) is 0 Å². The van der Waals surface area contributed by atoms with Crippen LogP contribution in [-0.4, -0.2) is 64.3 Å². The third-order valence-electron chi connectivity index (χ3n) is 5.53. The van der Waals surface area contributed by atoms with Crippen LogP contribution in [0.5, 0.6) is 0 Å². The summed E-state index contributed by atoms with van der Waals surface area (Å²) in [6, 6.07) is 17.2. The van der Waals surface area contributed by atoms with Gasteiger partial charge in [0.25, 0.3) is 0 Å². The van der Waals surface area contributed by atoms with E-state index in [4.69, 9.17) is 0 Å². The molecular formula is C23H34N4. The van der Waals surface area contributed by atoms with E-state index < -0.39 is 0 Å². The highest BCUT2D eigenvalue weighted by Gasteiger charge is 2.15. The molecule has 2 heterocycles. The Labute approximate surface area is 164 Å². The number of hydrogen-bond acceptors (Lipinski definition) is 4. The maximum Gasteiger partial charge on any atom is 0.0396 e. The highest BCUT2D eigenvalue weighted by atomic mass is 15.2.